The maximum Gasteiger partial charge on any atom is 0.201 e. The van der Waals surface area contributed by atoms with E-state index in [1.165, 1.54) is 13.2 Å². The number of methoxy groups -OCH3 is 1. The fourth-order valence-electron chi connectivity index (χ4n) is 1.79. The van der Waals surface area contributed by atoms with Gasteiger partial charge in [0, 0.05) is 4.47 Å². The Morgan fingerprint density at radius 2 is 1.79 bits per heavy atom. The molecule has 98 valence electrons. The molecule has 2 aromatic carbocycles. The van der Waals surface area contributed by atoms with E-state index in [1.54, 1.807) is 12.1 Å². The summed E-state index contributed by atoms with van der Waals surface area (Å²) < 4.78 is 5.88. The van der Waals surface area contributed by atoms with Gasteiger partial charge in [0.25, 0.3) is 0 Å². The minimum absolute atomic E-state index is 0.0284. The van der Waals surface area contributed by atoms with Crippen LogP contribution < -0.4 is 4.74 Å². The van der Waals surface area contributed by atoms with Crippen molar-refractivity contribution in [1.82, 2.24) is 0 Å². The summed E-state index contributed by atoms with van der Waals surface area (Å²) in [6.45, 7) is 0. The predicted octanol–water partition coefficient (Wildman–Crippen LogP) is 3.35. The van der Waals surface area contributed by atoms with Gasteiger partial charge in [-0.05, 0) is 29.3 Å². The zero-order valence-electron chi connectivity index (χ0n) is 10.1. The molecule has 0 aliphatic carbocycles. The van der Waals surface area contributed by atoms with Gasteiger partial charge in [0.2, 0.25) is 5.75 Å². The van der Waals surface area contributed by atoms with Crippen LogP contribution in [0.25, 0.3) is 11.1 Å². The quantitative estimate of drug-likeness (QED) is 0.671. The first-order valence-corrected chi connectivity index (χ1v) is 6.21. The van der Waals surface area contributed by atoms with Crippen molar-refractivity contribution in [2.45, 2.75) is 0 Å². The van der Waals surface area contributed by atoms with E-state index in [-0.39, 0.29) is 11.3 Å². The van der Waals surface area contributed by atoms with Crippen LogP contribution in [0.15, 0.2) is 34.8 Å². The molecule has 0 aromatic heterocycles. The number of hydrogen-bond acceptors (Lipinski definition) is 4. The average Bonchev–Trinajstić information content (AvgIpc) is 2.42. The molecule has 2 N–H and O–H groups in total. The van der Waals surface area contributed by atoms with Crippen molar-refractivity contribution in [3.05, 3.63) is 40.4 Å². The molecule has 0 spiro atoms. The van der Waals surface area contributed by atoms with Gasteiger partial charge in [-0.25, -0.2) is 0 Å². The molecule has 0 aliphatic heterocycles. The number of phenols is 2. The fourth-order valence-corrected chi connectivity index (χ4v) is 2.06. The summed E-state index contributed by atoms with van der Waals surface area (Å²) >= 11 is 3.32. The molecule has 4 nitrogen and oxygen atoms in total. The van der Waals surface area contributed by atoms with E-state index in [2.05, 4.69) is 15.9 Å². The molecule has 19 heavy (non-hydrogen) atoms. The van der Waals surface area contributed by atoms with Gasteiger partial charge in [0.05, 0.1) is 12.7 Å². The monoisotopic (exact) mass is 322 g/mol. The highest BCUT2D eigenvalue weighted by Crippen LogP contribution is 2.43. The lowest BCUT2D eigenvalue weighted by atomic mass is 9.98. The molecule has 0 unspecified atom stereocenters. The zero-order chi connectivity index (χ0) is 14.0. The number of halogens is 1. The van der Waals surface area contributed by atoms with Crippen LogP contribution in [0.1, 0.15) is 10.4 Å². The van der Waals surface area contributed by atoms with Crippen molar-refractivity contribution in [3.63, 3.8) is 0 Å². The zero-order valence-corrected chi connectivity index (χ0v) is 11.6. The van der Waals surface area contributed by atoms with E-state index in [0.717, 1.165) is 10.0 Å². The molecule has 0 radical (unpaired) electrons. The second-order valence-corrected chi connectivity index (χ2v) is 4.78. The molecule has 0 fully saturated rings. The van der Waals surface area contributed by atoms with E-state index < -0.39 is 11.5 Å². The number of ether oxygens (including phenoxy) is 1. The maximum atomic E-state index is 11.1. The molecular formula is C14H11BrO4. The highest BCUT2D eigenvalue weighted by molar-refractivity contribution is 9.10. The predicted molar refractivity (Wildman–Crippen MR) is 74.8 cm³/mol. The van der Waals surface area contributed by atoms with Crippen molar-refractivity contribution in [1.29, 1.82) is 0 Å². The summed E-state index contributed by atoms with van der Waals surface area (Å²) in [7, 11) is 1.38. The lowest BCUT2D eigenvalue weighted by Crippen LogP contribution is -1.93. The third-order valence-corrected chi connectivity index (χ3v) is 3.30. The third kappa shape index (κ3) is 2.42. The molecule has 2 rings (SSSR count). The van der Waals surface area contributed by atoms with Crippen LogP contribution in [0, 0.1) is 0 Å². The summed E-state index contributed by atoms with van der Waals surface area (Å²) in [4.78, 5) is 11.1. The van der Waals surface area contributed by atoms with Crippen LogP contribution in [0.3, 0.4) is 0 Å². The SMILES string of the molecule is COc1cc(-c2ccc(Br)cc2)c(C=O)c(O)c1O. The Morgan fingerprint density at radius 3 is 2.32 bits per heavy atom. The van der Waals surface area contributed by atoms with E-state index in [1.807, 2.05) is 12.1 Å². The van der Waals surface area contributed by atoms with Crippen molar-refractivity contribution < 1.29 is 19.7 Å². The smallest absolute Gasteiger partial charge is 0.201 e. The van der Waals surface area contributed by atoms with Crippen LogP contribution in [-0.4, -0.2) is 23.6 Å². The van der Waals surface area contributed by atoms with Gasteiger partial charge in [-0.2, -0.15) is 0 Å². The first-order valence-electron chi connectivity index (χ1n) is 5.42. The highest BCUT2D eigenvalue weighted by atomic mass is 79.9. The maximum absolute atomic E-state index is 11.1. The molecular weight excluding hydrogens is 312 g/mol. The van der Waals surface area contributed by atoms with Gasteiger partial charge in [-0.15, -0.1) is 0 Å². The van der Waals surface area contributed by atoms with Crippen LogP contribution in [0.5, 0.6) is 17.2 Å². The standard InChI is InChI=1S/C14H11BrO4/c1-19-12-6-10(8-2-4-9(15)5-3-8)11(7-16)13(17)14(12)18/h2-7,17-18H,1H3. The van der Waals surface area contributed by atoms with Gasteiger partial charge in [-0.1, -0.05) is 28.1 Å². The van der Waals surface area contributed by atoms with E-state index in [4.69, 9.17) is 4.74 Å². The topological polar surface area (TPSA) is 66.8 Å². The Bertz CT molecular complexity index is 620. The summed E-state index contributed by atoms with van der Waals surface area (Å²) in [5, 5.41) is 19.5. The number of carbonyl (C=O) groups is 1. The Morgan fingerprint density at radius 1 is 1.16 bits per heavy atom. The average molecular weight is 323 g/mol. The molecule has 0 heterocycles. The lowest BCUT2D eigenvalue weighted by Gasteiger charge is -2.12. The van der Waals surface area contributed by atoms with Gasteiger partial charge in [0.1, 0.15) is 0 Å². The number of aromatic hydroxyl groups is 2. The van der Waals surface area contributed by atoms with Gasteiger partial charge in [-0.3, -0.25) is 4.79 Å². The number of benzene rings is 2. The number of phenolic OH excluding ortho intramolecular Hbond substituents is 2. The fraction of sp³-hybridized carbons (Fsp3) is 0.0714. The van der Waals surface area contributed by atoms with Crippen molar-refractivity contribution in [3.8, 4) is 28.4 Å². The summed E-state index contributed by atoms with van der Waals surface area (Å²) in [5.41, 5.74) is 1.26. The molecule has 0 saturated carbocycles. The normalized spacial score (nSPS) is 10.2. The summed E-state index contributed by atoms with van der Waals surface area (Å²) in [5.74, 6) is -0.807. The lowest BCUT2D eigenvalue weighted by molar-refractivity contribution is 0.112. The van der Waals surface area contributed by atoms with Crippen molar-refractivity contribution >= 4 is 22.2 Å². The Balaban J connectivity index is 2.71. The second kappa shape index (κ2) is 5.32. The van der Waals surface area contributed by atoms with E-state index in [0.29, 0.717) is 11.8 Å². The van der Waals surface area contributed by atoms with Crippen LogP contribution >= 0.6 is 15.9 Å². The van der Waals surface area contributed by atoms with Gasteiger partial charge >= 0.3 is 0 Å². The minimum Gasteiger partial charge on any atom is -0.504 e. The van der Waals surface area contributed by atoms with E-state index in [9.17, 15) is 15.0 Å². The number of hydrogen-bond donors (Lipinski definition) is 2. The number of aldehydes is 1. The van der Waals surface area contributed by atoms with Crippen LogP contribution in [0.2, 0.25) is 0 Å². The van der Waals surface area contributed by atoms with Crippen molar-refractivity contribution in [2.75, 3.05) is 7.11 Å². The third-order valence-electron chi connectivity index (χ3n) is 2.77. The largest absolute Gasteiger partial charge is 0.504 e. The van der Waals surface area contributed by atoms with Crippen molar-refractivity contribution in [2.24, 2.45) is 0 Å². The van der Waals surface area contributed by atoms with Crippen LogP contribution in [0.4, 0.5) is 0 Å². The number of carbonyl (C=O) groups excluding carboxylic acids is 1. The highest BCUT2D eigenvalue weighted by Gasteiger charge is 2.18. The Kier molecular flexibility index (Phi) is 3.76. The number of rotatable bonds is 3. The molecule has 0 aliphatic rings. The molecule has 0 bridgehead atoms. The first-order chi connectivity index (χ1) is 9.08. The molecule has 0 saturated heterocycles. The van der Waals surface area contributed by atoms with E-state index >= 15 is 0 Å². The van der Waals surface area contributed by atoms with Gasteiger partial charge in [0.15, 0.2) is 17.8 Å². The van der Waals surface area contributed by atoms with Crippen LogP contribution in [-0.2, 0) is 0 Å². The first kappa shape index (κ1) is 13.4. The van der Waals surface area contributed by atoms with Gasteiger partial charge < -0.3 is 14.9 Å². The summed E-state index contributed by atoms with van der Waals surface area (Å²) in [6.07, 6.45) is 0.506. The molecule has 5 heteroatoms. The Labute approximate surface area is 118 Å². The second-order valence-electron chi connectivity index (χ2n) is 3.86. The molecule has 2 aromatic rings. The molecule has 0 atom stereocenters. The summed E-state index contributed by atoms with van der Waals surface area (Å²) in [6, 6.07) is 8.74. The molecule has 0 amide bonds. The minimum atomic E-state index is -0.479. The Hall–Kier alpha value is -2.01.